The lowest BCUT2D eigenvalue weighted by Gasteiger charge is -2.37. The van der Waals surface area contributed by atoms with Crippen LogP contribution in [0.2, 0.25) is 0 Å². The maximum absolute atomic E-state index is 14.8. The Kier molecular flexibility index (Phi) is 7.30. The highest BCUT2D eigenvalue weighted by atomic mass is 16.1. The topological polar surface area (TPSA) is 30.0 Å². The number of likely N-dealkylation sites (tertiary alicyclic amines) is 4. The molecule has 6 fully saturated rings. The molecular weight excluding hydrogens is 516 g/mol. The quantitative estimate of drug-likeness (QED) is 0.371. The number of carbonyl (C=O) groups is 1. The van der Waals surface area contributed by atoms with Crippen LogP contribution in [0.3, 0.4) is 0 Å². The zero-order chi connectivity index (χ0) is 28.4. The second-order valence-electron chi connectivity index (χ2n) is 14.8. The molecule has 0 amide bonds. The van der Waals surface area contributed by atoms with E-state index in [0.717, 1.165) is 26.2 Å². The first kappa shape index (κ1) is 27.5. The number of carbonyl (C=O) groups excluding carboxylic acids is 1. The van der Waals surface area contributed by atoms with Gasteiger partial charge in [0.15, 0.2) is 5.78 Å². The van der Waals surface area contributed by atoms with Crippen molar-refractivity contribution in [1.29, 1.82) is 0 Å². The minimum atomic E-state index is 0.148. The van der Waals surface area contributed by atoms with Crippen LogP contribution in [0.25, 0.3) is 0 Å². The van der Waals surface area contributed by atoms with Gasteiger partial charge in [-0.2, -0.15) is 0 Å². The van der Waals surface area contributed by atoms with Gasteiger partial charge in [0.2, 0.25) is 0 Å². The standard InChI is InChI=1S/C37H50N4O/c1-25(27-9-5-3-6-10-27)40-19-17-31-21-38(23-33(31)40)35(29-13-14-29)37(42)36(30-15-16-30)39-22-32-18-20-41(34(32)24-39)26(2)28-11-7-4-8-12-28/h3-12,25-26,29-36H,13-24H2,1-2H3/t25-,26-,31-,32-,33+,34+,35?,36?/m1/s1. The van der Waals surface area contributed by atoms with Crippen molar-refractivity contribution >= 4 is 5.78 Å². The van der Waals surface area contributed by atoms with Gasteiger partial charge >= 0.3 is 0 Å². The highest BCUT2D eigenvalue weighted by molar-refractivity contribution is 5.90. The van der Waals surface area contributed by atoms with Crippen molar-refractivity contribution in [3.63, 3.8) is 0 Å². The predicted molar refractivity (Wildman–Crippen MR) is 168 cm³/mol. The Hall–Kier alpha value is -2.05. The van der Waals surface area contributed by atoms with Gasteiger partial charge in [-0.3, -0.25) is 24.4 Å². The molecule has 4 aliphatic heterocycles. The maximum atomic E-state index is 14.8. The molecule has 4 heterocycles. The van der Waals surface area contributed by atoms with Gasteiger partial charge in [0, 0.05) is 50.3 Å². The number of hydrogen-bond donors (Lipinski definition) is 0. The first-order valence-corrected chi connectivity index (χ1v) is 17.2. The second kappa shape index (κ2) is 11.1. The van der Waals surface area contributed by atoms with Crippen LogP contribution in [0.5, 0.6) is 0 Å². The molecule has 8 atom stereocenters. The van der Waals surface area contributed by atoms with Gasteiger partial charge in [-0.15, -0.1) is 0 Å². The first-order valence-electron chi connectivity index (χ1n) is 17.2. The molecule has 2 aliphatic carbocycles. The van der Waals surface area contributed by atoms with E-state index in [2.05, 4.69) is 94.1 Å². The number of nitrogens with zero attached hydrogens (tertiary/aromatic N) is 4. The van der Waals surface area contributed by atoms with Gasteiger partial charge in [-0.05, 0) is 100 Å². The van der Waals surface area contributed by atoms with E-state index < -0.39 is 0 Å². The summed E-state index contributed by atoms with van der Waals surface area (Å²) in [6.07, 6.45) is 7.55. The monoisotopic (exact) mass is 566 g/mol. The minimum Gasteiger partial charge on any atom is -0.296 e. The summed E-state index contributed by atoms with van der Waals surface area (Å²) in [5.41, 5.74) is 2.85. The second-order valence-corrected chi connectivity index (χ2v) is 14.8. The Bertz CT molecular complexity index is 1150. The Balaban J connectivity index is 0.978. The molecule has 0 spiro atoms. The van der Waals surface area contributed by atoms with Gasteiger partial charge in [-0.1, -0.05) is 60.7 Å². The van der Waals surface area contributed by atoms with E-state index in [0.29, 0.717) is 53.6 Å². The van der Waals surface area contributed by atoms with Crippen molar-refractivity contribution in [3.8, 4) is 0 Å². The number of Topliss-reactive ketones (excluding diaryl/α,β-unsaturated/α-hetero) is 1. The van der Waals surface area contributed by atoms with Crippen LogP contribution in [0, 0.1) is 23.7 Å². The molecule has 0 radical (unpaired) electrons. The Labute approximate surface area is 253 Å². The summed E-state index contributed by atoms with van der Waals surface area (Å²) < 4.78 is 0. The molecular formula is C37H50N4O. The summed E-state index contributed by atoms with van der Waals surface area (Å²) in [6, 6.07) is 24.5. The average Bonchev–Trinajstić information content (AvgIpc) is 3.85. The lowest BCUT2D eigenvalue weighted by atomic mass is 9.95. The van der Waals surface area contributed by atoms with Gasteiger partial charge in [-0.25, -0.2) is 0 Å². The summed E-state index contributed by atoms with van der Waals surface area (Å²) in [4.78, 5) is 25.7. The average molecular weight is 567 g/mol. The third-order valence-corrected chi connectivity index (χ3v) is 12.3. The van der Waals surface area contributed by atoms with Crippen LogP contribution in [-0.4, -0.2) is 88.8 Å². The van der Waals surface area contributed by atoms with E-state index in [1.165, 1.54) is 62.7 Å². The molecule has 6 aliphatic rings. The molecule has 2 aromatic carbocycles. The fourth-order valence-electron chi connectivity index (χ4n) is 9.74. The van der Waals surface area contributed by atoms with E-state index in [1.54, 1.807) is 0 Å². The van der Waals surface area contributed by atoms with Gasteiger partial charge in [0.1, 0.15) is 0 Å². The van der Waals surface area contributed by atoms with Gasteiger partial charge in [0.05, 0.1) is 12.1 Å². The van der Waals surface area contributed by atoms with E-state index in [4.69, 9.17) is 0 Å². The van der Waals surface area contributed by atoms with Crippen molar-refractivity contribution in [2.24, 2.45) is 23.7 Å². The number of hydrogen-bond acceptors (Lipinski definition) is 5. The van der Waals surface area contributed by atoms with Crippen molar-refractivity contribution < 1.29 is 4.79 Å². The Morgan fingerprint density at radius 1 is 0.595 bits per heavy atom. The van der Waals surface area contributed by atoms with Crippen LogP contribution in [-0.2, 0) is 4.79 Å². The summed E-state index contributed by atoms with van der Waals surface area (Å²) >= 11 is 0. The van der Waals surface area contributed by atoms with Gasteiger partial charge in [0.25, 0.3) is 0 Å². The number of fused-ring (bicyclic) bond motifs is 2. The van der Waals surface area contributed by atoms with E-state index in [1.807, 2.05) is 0 Å². The predicted octanol–water partition coefficient (Wildman–Crippen LogP) is 5.65. The molecule has 2 aromatic rings. The van der Waals surface area contributed by atoms with E-state index in [-0.39, 0.29) is 12.1 Å². The highest BCUT2D eigenvalue weighted by Crippen LogP contribution is 2.47. The first-order chi connectivity index (χ1) is 20.6. The zero-order valence-electron chi connectivity index (χ0n) is 25.7. The summed E-state index contributed by atoms with van der Waals surface area (Å²) in [7, 11) is 0. The minimum absolute atomic E-state index is 0.148. The van der Waals surface area contributed by atoms with Crippen molar-refractivity contribution in [1.82, 2.24) is 19.6 Å². The van der Waals surface area contributed by atoms with Crippen LogP contribution in [0.15, 0.2) is 60.7 Å². The summed E-state index contributed by atoms with van der Waals surface area (Å²) in [5.74, 6) is 3.21. The smallest absolute Gasteiger partial charge is 0.167 e. The molecule has 2 unspecified atom stereocenters. The molecule has 2 saturated carbocycles. The van der Waals surface area contributed by atoms with E-state index in [9.17, 15) is 4.79 Å². The number of rotatable bonds is 10. The zero-order valence-corrected chi connectivity index (χ0v) is 25.7. The molecule has 0 aromatic heterocycles. The molecule has 8 rings (SSSR count). The maximum Gasteiger partial charge on any atom is 0.167 e. The molecule has 42 heavy (non-hydrogen) atoms. The van der Waals surface area contributed by atoms with Crippen LogP contribution in [0.1, 0.15) is 75.6 Å². The largest absolute Gasteiger partial charge is 0.296 e. The fraction of sp³-hybridized carbons (Fsp3) is 0.649. The van der Waals surface area contributed by atoms with Crippen LogP contribution in [0.4, 0.5) is 0 Å². The van der Waals surface area contributed by atoms with Crippen LogP contribution >= 0.6 is 0 Å². The number of benzene rings is 2. The highest BCUT2D eigenvalue weighted by Gasteiger charge is 2.55. The number of ketones is 1. The third-order valence-electron chi connectivity index (χ3n) is 12.3. The summed E-state index contributed by atoms with van der Waals surface area (Å²) in [6.45, 7) is 11.6. The van der Waals surface area contributed by atoms with E-state index >= 15 is 0 Å². The van der Waals surface area contributed by atoms with Crippen molar-refractivity contribution in [2.45, 2.75) is 88.6 Å². The van der Waals surface area contributed by atoms with Crippen LogP contribution < -0.4 is 0 Å². The molecule has 5 heteroatoms. The normalized spacial score (nSPS) is 33.4. The molecule has 5 nitrogen and oxygen atoms in total. The third kappa shape index (κ3) is 4.99. The van der Waals surface area contributed by atoms with Crippen molar-refractivity contribution in [3.05, 3.63) is 71.8 Å². The molecule has 224 valence electrons. The van der Waals surface area contributed by atoms with Gasteiger partial charge < -0.3 is 0 Å². The molecule has 0 N–H and O–H groups in total. The molecule has 0 bridgehead atoms. The SMILES string of the molecule is C[C@H](c1ccccc1)N1CC[C@@H]2CN(C(C(=O)C(C3CC3)N3C[C@H]4CCN([C@H](C)c5ccccc5)[C@H]4C3)C3CC3)C[C@@H]21. The molecule has 4 saturated heterocycles. The lowest BCUT2D eigenvalue weighted by molar-refractivity contribution is -0.131. The van der Waals surface area contributed by atoms with Crippen molar-refractivity contribution in [2.75, 3.05) is 39.3 Å². The lowest BCUT2D eigenvalue weighted by Crippen LogP contribution is -2.53. The summed E-state index contributed by atoms with van der Waals surface area (Å²) in [5, 5.41) is 0. The Morgan fingerprint density at radius 3 is 1.38 bits per heavy atom. The fourth-order valence-corrected chi connectivity index (χ4v) is 9.74. The Morgan fingerprint density at radius 2 is 1.00 bits per heavy atom.